The molecule has 2 N–H and O–H groups in total. The third-order valence-electron chi connectivity index (χ3n) is 7.52. The molecule has 1 atom stereocenters. The van der Waals surface area contributed by atoms with Gasteiger partial charge in [-0.1, -0.05) is 67.8 Å². The maximum atomic E-state index is 13.9. The van der Waals surface area contributed by atoms with Crippen molar-refractivity contribution in [3.63, 3.8) is 0 Å². The van der Waals surface area contributed by atoms with E-state index in [1.54, 1.807) is 18.2 Å². The summed E-state index contributed by atoms with van der Waals surface area (Å²) in [5.41, 5.74) is 7.55. The van der Waals surface area contributed by atoms with E-state index in [1.807, 2.05) is 72.6 Å². The molecule has 1 aliphatic carbocycles. The van der Waals surface area contributed by atoms with E-state index >= 15 is 0 Å². The van der Waals surface area contributed by atoms with Gasteiger partial charge in [-0.25, -0.2) is 4.98 Å². The molecule has 1 saturated carbocycles. The van der Waals surface area contributed by atoms with E-state index in [4.69, 9.17) is 10.5 Å². The summed E-state index contributed by atoms with van der Waals surface area (Å²) in [7, 11) is 1.90. The zero-order chi connectivity index (χ0) is 26.5. The van der Waals surface area contributed by atoms with Crippen LogP contribution in [0.25, 0.3) is 10.9 Å². The van der Waals surface area contributed by atoms with Gasteiger partial charge < -0.3 is 15.4 Å². The van der Waals surface area contributed by atoms with Crippen LogP contribution in [-0.2, 0) is 4.79 Å². The van der Waals surface area contributed by atoms with Crippen LogP contribution >= 0.6 is 0 Å². The Hall–Kier alpha value is -4.13. The number of aromatic nitrogens is 2. The number of nitrogens with zero attached hydrogens (tertiary/aromatic N) is 3. The number of nitrogens with two attached hydrogens (primary N) is 1. The first-order valence-corrected chi connectivity index (χ1v) is 13.4. The molecule has 1 amide bonds. The summed E-state index contributed by atoms with van der Waals surface area (Å²) in [5.74, 6) is 1.44. The maximum Gasteiger partial charge on any atom is 0.263 e. The smallest absolute Gasteiger partial charge is 0.263 e. The summed E-state index contributed by atoms with van der Waals surface area (Å²) in [6.45, 7) is 0. The lowest BCUT2D eigenvalue weighted by atomic mass is 9.94. The first kappa shape index (κ1) is 25.5. The molecule has 3 aromatic carbocycles. The number of amides is 1. The summed E-state index contributed by atoms with van der Waals surface area (Å²) >= 11 is 0. The van der Waals surface area contributed by atoms with Crippen molar-refractivity contribution in [3.8, 4) is 11.5 Å². The van der Waals surface area contributed by atoms with Gasteiger partial charge in [-0.05, 0) is 55.2 Å². The Balaban J connectivity index is 1.47. The largest absolute Gasteiger partial charge is 0.457 e. The molecule has 0 aliphatic heterocycles. The molecule has 0 unspecified atom stereocenters. The molecule has 7 heteroatoms. The molecule has 0 radical (unpaired) electrons. The molecule has 5 rings (SSSR count). The molecule has 1 aliphatic rings. The molecule has 196 valence electrons. The number of hydrogen-bond acceptors (Lipinski definition) is 5. The van der Waals surface area contributed by atoms with Crippen molar-refractivity contribution < 1.29 is 9.53 Å². The Morgan fingerprint density at radius 3 is 2.39 bits per heavy atom. The van der Waals surface area contributed by atoms with E-state index < -0.39 is 6.04 Å². The molecule has 1 fully saturated rings. The number of fused-ring (bicyclic) bond motifs is 1. The second kappa shape index (κ2) is 11.5. The fraction of sp³-hybridized carbons (Fsp3) is 0.323. The van der Waals surface area contributed by atoms with Gasteiger partial charge in [0.05, 0.1) is 16.9 Å². The highest BCUT2D eigenvalue weighted by molar-refractivity contribution is 5.80. The van der Waals surface area contributed by atoms with Crippen LogP contribution in [0.1, 0.15) is 56.6 Å². The molecule has 1 heterocycles. The highest BCUT2D eigenvalue weighted by Gasteiger charge is 2.25. The van der Waals surface area contributed by atoms with Crippen molar-refractivity contribution in [3.05, 3.63) is 94.8 Å². The SMILES string of the molecule is CN(C(=O)CC[C@@H](c1ccccc1)n1c(N)nc2ccc(Oc3ccccc3)cc2c1=O)C1CCCCC1. The molecule has 1 aromatic heterocycles. The molecule has 38 heavy (non-hydrogen) atoms. The van der Waals surface area contributed by atoms with Crippen LogP contribution in [-0.4, -0.2) is 33.4 Å². The topological polar surface area (TPSA) is 90.5 Å². The number of hydrogen-bond donors (Lipinski definition) is 1. The fourth-order valence-electron chi connectivity index (χ4n) is 5.41. The predicted octanol–water partition coefficient (Wildman–Crippen LogP) is 5.93. The van der Waals surface area contributed by atoms with E-state index in [0.717, 1.165) is 18.4 Å². The second-order valence-corrected chi connectivity index (χ2v) is 10.0. The number of carbonyl (C=O) groups excluding carboxylic acids is 1. The van der Waals surface area contributed by atoms with E-state index in [-0.39, 0.29) is 17.4 Å². The zero-order valence-electron chi connectivity index (χ0n) is 21.8. The Morgan fingerprint density at radius 2 is 1.68 bits per heavy atom. The molecular weight excluding hydrogens is 476 g/mol. The summed E-state index contributed by atoms with van der Waals surface area (Å²) in [4.78, 5) is 33.5. The summed E-state index contributed by atoms with van der Waals surface area (Å²) < 4.78 is 7.49. The van der Waals surface area contributed by atoms with Crippen molar-refractivity contribution >= 4 is 22.8 Å². The first-order chi connectivity index (χ1) is 18.5. The Kier molecular flexibility index (Phi) is 7.73. The highest BCUT2D eigenvalue weighted by Crippen LogP contribution is 2.29. The van der Waals surface area contributed by atoms with Crippen LogP contribution in [0.2, 0.25) is 0 Å². The van der Waals surface area contributed by atoms with Gasteiger partial charge in [0.15, 0.2) is 0 Å². The van der Waals surface area contributed by atoms with Crippen molar-refractivity contribution in [1.29, 1.82) is 0 Å². The summed E-state index contributed by atoms with van der Waals surface area (Å²) in [6.07, 6.45) is 6.44. The van der Waals surface area contributed by atoms with Gasteiger partial charge in [-0.3, -0.25) is 14.2 Å². The van der Waals surface area contributed by atoms with E-state index in [0.29, 0.717) is 41.3 Å². The van der Waals surface area contributed by atoms with Crippen molar-refractivity contribution in [2.75, 3.05) is 12.8 Å². The summed E-state index contributed by atoms with van der Waals surface area (Å²) in [5, 5.41) is 0.416. The van der Waals surface area contributed by atoms with Gasteiger partial charge in [0.2, 0.25) is 11.9 Å². The van der Waals surface area contributed by atoms with Crippen LogP contribution in [0.4, 0.5) is 5.95 Å². The lowest BCUT2D eigenvalue weighted by molar-refractivity contribution is -0.132. The van der Waals surface area contributed by atoms with Crippen molar-refractivity contribution in [2.24, 2.45) is 0 Å². The maximum absolute atomic E-state index is 13.9. The minimum atomic E-state index is -0.428. The van der Waals surface area contributed by atoms with Crippen molar-refractivity contribution in [2.45, 2.75) is 57.0 Å². The number of benzene rings is 3. The number of rotatable bonds is 8. The number of para-hydroxylation sites is 1. The van der Waals surface area contributed by atoms with Gasteiger partial charge in [0.1, 0.15) is 11.5 Å². The van der Waals surface area contributed by atoms with E-state index in [1.165, 1.54) is 23.8 Å². The van der Waals surface area contributed by atoms with E-state index in [9.17, 15) is 9.59 Å². The Labute approximate surface area is 222 Å². The average molecular weight is 511 g/mol. The number of carbonyl (C=O) groups is 1. The van der Waals surface area contributed by atoms with Crippen LogP contribution in [0.15, 0.2) is 83.7 Å². The highest BCUT2D eigenvalue weighted by atomic mass is 16.5. The van der Waals surface area contributed by atoms with Gasteiger partial charge in [-0.15, -0.1) is 0 Å². The third-order valence-corrected chi connectivity index (χ3v) is 7.52. The molecule has 0 spiro atoms. The average Bonchev–Trinajstić information content (AvgIpc) is 2.96. The third kappa shape index (κ3) is 5.57. The molecule has 0 saturated heterocycles. The number of nitrogen functional groups attached to an aromatic ring is 1. The van der Waals surface area contributed by atoms with Gasteiger partial charge in [0, 0.05) is 19.5 Å². The monoisotopic (exact) mass is 510 g/mol. The normalized spacial score (nSPS) is 14.8. The Bertz CT molecular complexity index is 1450. The minimum Gasteiger partial charge on any atom is -0.457 e. The quantitative estimate of drug-likeness (QED) is 0.317. The van der Waals surface area contributed by atoms with Crippen LogP contribution in [0.3, 0.4) is 0 Å². The number of ether oxygens (including phenoxy) is 1. The zero-order valence-corrected chi connectivity index (χ0v) is 21.8. The standard InChI is InChI=1S/C31H34N4O3/c1-34(23-13-7-3-8-14-23)29(36)20-19-28(22-11-5-2-6-12-22)35-30(37)26-21-25(17-18-27(26)33-31(35)32)38-24-15-9-4-10-16-24/h2,4-6,9-12,15-18,21,23,28H,3,7-8,13-14,19-20H2,1H3,(H2,32,33)/t28-/m0/s1. The molecular formula is C31H34N4O3. The second-order valence-electron chi connectivity index (χ2n) is 10.0. The van der Waals surface area contributed by atoms with E-state index in [2.05, 4.69) is 4.98 Å². The molecule has 0 bridgehead atoms. The van der Waals surface area contributed by atoms with Gasteiger partial charge in [-0.2, -0.15) is 0 Å². The molecule has 7 nitrogen and oxygen atoms in total. The summed E-state index contributed by atoms with van der Waals surface area (Å²) in [6, 6.07) is 24.2. The van der Waals surface area contributed by atoms with Crippen molar-refractivity contribution in [1.82, 2.24) is 14.5 Å². The lowest BCUT2D eigenvalue weighted by Crippen LogP contribution is -2.38. The first-order valence-electron chi connectivity index (χ1n) is 13.4. The minimum absolute atomic E-state index is 0.0942. The van der Waals surface area contributed by atoms with Gasteiger partial charge in [0.25, 0.3) is 5.56 Å². The predicted molar refractivity (Wildman–Crippen MR) is 150 cm³/mol. The lowest BCUT2D eigenvalue weighted by Gasteiger charge is -2.32. The van der Waals surface area contributed by atoms with Crippen LogP contribution in [0.5, 0.6) is 11.5 Å². The fourth-order valence-corrected chi connectivity index (χ4v) is 5.41. The van der Waals surface area contributed by atoms with Gasteiger partial charge >= 0.3 is 0 Å². The van der Waals surface area contributed by atoms with Crippen LogP contribution in [0, 0.1) is 0 Å². The molecule has 4 aromatic rings. The Morgan fingerprint density at radius 1 is 1.00 bits per heavy atom. The van der Waals surface area contributed by atoms with Crippen LogP contribution < -0.4 is 16.0 Å². The number of anilines is 1.